The molecule has 0 saturated carbocycles. The molecular weight excluding hydrogens is 250 g/mol. The Morgan fingerprint density at radius 3 is 2.50 bits per heavy atom. The fourth-order valence-electron chi connectivity index (χ4n) is 2.68. The standard InChI is InChI=1S/C16H25N3O/c1-3-9-18-10-12-19(13-11-18)16(20)14-7-5-6-8-15(14)17-4-2/h5-8,17H,3-4,9-13H2,1-2H3. The van der Waals surface area contributed by atoms with Crippen molar-refractivity contribution in [3.63, 3.8) is 0 Å². The Morgan fingerprint density at radius 1 is 1.15 bits per heavy atom. The quantitative estimate of drug-likeness (QED) is 0.895. The van der Waals surface area contributed by atoms with Crippen molar-refractivity contribution >= 4 is 11.6 Å². The van der Waals surface area contributed by atoms with E-state index in [2.05, 4.69) is 17.1 Å². The highest BCUT2D eigenvalue weighted by molar-refractivity contribution is 5.99. The largest absolute Gasteiger partial charge is 0.385 e. The van der Waals surface area contributed by atoms with Crippen LogP contribution in [0.4, 0.5) is 5.69 Å². The number of carbonyl (C=O) groups is 1. The van der Waals surface area contributed by atoms with E-state index in [1.54, 1.807) is 0 Å². The molecule has 0 unspecified atom stereocenters. The topological polar surface area (TPSA) is 35.6 Å². The summed E-state index contributed by atoms with van der Waals surface area (Å²) in [4.78, 5) is 17.0. The van der Waals surface area contributed by atoms with Crippen LogP contribution in [0.15, 0.2) is 24.3 Å². The Kier molecular flexibility index (Phi) is 5.41. The number of benzene rings is 1. The zero-order valence-corrected chi connectivity index (χ0v) is 12.6. The zero-order chi connectivity index (χ0) is 14.4. The molecule has 1 aliphatic rings. The number of hydrogen-bond donors (Lipinski definition) is 1. The predicted octanol–water partition coefficient (Wildman–Crippen LogP) is 2.29. The Balaban J connectivity index is 2.02. The van der Waals surface area contributed by atoms with Crippen molar-refractivity contribution in [2.45, 2.75) is 20.3 Å². The van der Waals surface area contributed by atoms with Gasteiger partial charge in [-0.15, -0.1) is 0 Å². The molecule has 0 aromatic heterocycles. The molecule has 2 rings (SSSR count). The number of carbonyl (C=O) groups excluding carboxylic acids is 1. The van der Waals surface area contributed by atoms with Gasteiger partial charge in [-0.2, -0.15) is 0 Å². The van der Waals surface area contributed by atoms with E-state index < -0.39 is 0 Å². The summed E-state index contributed by atoms with van der Waals surface area (Å²) >= 11 is 0. The molecule has 0 spiro atoms. The second-order valence-corrected chi connectivity index (χ2v) is 5.21. The normalized spacial score (nSPS) is 16.2. The molecule has 0 radical (unpaired) electrons. The first kappa shape index (κ1) is 14.9. The molecule has 4 heteroatoms. The third-order valence-electron chi connectivity index (χ3n) is 3.72. The monoisotopic (exact) mass is 275 g/mol. The van der Waals surface area contributed by atoms with E-state index in [-0.39, 0.29) is 5.91 Å². The number of para-hydroxylation sites is 1. The van der Waals surface area contributed by atoms with E-state index in [4.69, 9.17) is 0 Å². The minimum absolute atomic E-state index is 0.151. The Hall–Kier alpha value is -1.55. The van der Waals surface area contributed by atoms with E-state index in [0.29, 0.717) is 0 Å². The van der Waals surface area contributed by atoms with Gasteiger partial charge in [-0.1, -0.05) is 19.1 Å². The molecular formula is C16H25N3O. The van der Waals surface area contributed by atoms with Gasteiger partial charge in [0, 0.05) is 38.4 Å². The number of anilines is 1. The van der Waals surface area contributed by atoms with Crippen LogP contribution in [0.2, 0.25) is 0 Å². The summed E-state index contributed by atoms with van der Waals surface area (Å²) < 4.78 is 0. The maximum Gasteiger partial charge on any atom is 0.256 e. The molecule has 1 aliphatic heterocycles. The van der Waals surface area contributed by atoms with Gasteiger partial charge in [0.25, 0.3) is 5.91 Å². The van der Waals surface area contributed by atoms with Crippen LogP contribution in [0.3, 0.4) is 0 Å². The van der Waals surface area contributed by atoms with Crippen LogP contribution in [0.25, 0.3) is 0 Å². The van der Waals surface area contributed by atoms with Gasteiger partial charge in [-0.05, 0) is 32.0 Å². The van der Waals surface area contributed by atoms with Crippen LogP contribution < -0.4 is 5.32 Å². The lowest BCUT2D eigenvalue weighted by atomic mass is 10.1. The first-order valence-corrected chi connectivity index (χ1v) is 7.60. The van der Waals surface area contributed by atoms with E-state index in [0.717, 1.165) is 50.5 Å². The lowest BCUT2D eigenvalue weighted by Gasteiger charge is -2.34. The molecule has 1 aromatic rings. The lowest BCUT2D eigenvalue weighted by Crippen LogP contribution is -2.48. The van der Waals surface area contributed by atoms with Crippen LogP contribution in [-0.4, -0.2) is 55.0 Å². The minimum atomic E-state index is 0.151. The molecule has 0 aliphatic carbocycles. The molecule has 1 heterocycles. The third kappa shape index (κ3) is 3.51. The molecule has 1 saturated heterocycles. The lowest BCUT2D eigenvalue weighted by molar-refractivity contribution is 0.0638. The van der Waals surface area contributed by atoms with Gasteiger partial charge >= 0.3 is 0 Å². The van der Waals surface area contributed by atoms with Gasteiger partial charge in [0.05, 0.1) is 5.56 Å². The number of nitrogens with zero attached hydrogens (tertiary/aromatic N) is 2. The smallest absolute Gasteiger partial charge is 0.256 e. The summed E-state index contributed by atoms with van der Waals surface area (Å²) in [5.41, 5.74) is 1.73. The summed E-state index contributed by atoms with van der Waals surface area (Å²) in [5, 5.41) is 3.27. The van der Waals surface area contributed by atoms with Crippen LogP contribution >= 0.6 is 0 Å². The fraction of sp³-hybridized carbons (Fsp3) is 0.562. The number of piperazine rings is 1. The van der Waals surface area contributed by atoms with Gasteiger partial charge in [0.2, 0.25) is 0 Å². The average Bonchev–Trinajstić information content (AvgIpc) is 2.49. The number of nitrogens with one attached hydrogen (secondary N) is 1. The third-order valence-corrected chi connectivity index (χ3v) is 3.72. The molecule has 4 nitrogen and oxygen atoms in total. The van der Waals surface area contributed by atoms with E-state index >= 15 is 0 Å². The molecule has 0 atom stereocenters. The summed E-state index contributed by atoms with van der Waals surface area (Å²) in [6.07, 6.45) is 1.18. The van der Waals surface area contributed by atoms with Crippen molar-refractivity contribution in [3.05, 3.63) is 29.8 Å². The summed E-state index contributed by atoms with van der Waals surface area (Å²) in [6, 6.07) is 7.79. The summed E-state index contributed by atoms with van der Waals surface area (Å²) in [5.74, 6) is 0.151. The molecule has 1 aromatic carbocycles. The first-order chi connectivity index (χ1) is 9.76. The van der Waals surface area contributed by atoms with Crippen LogP contribution in [0.1, 0.15) is 30.6 Å². The second kappa shape index (κ2) is 7.29. The zero-order valence-electron chi connectivity index (χ0n) is 12.6. The molecule has 1 N–H and O–H groups in total. The maximum absolute atomic E-state index is 12.6. The van der Waals surface area contributed by atoms with Gasteiger partial charge in [0.1, 0.15) is 0 Å². The highest BCUT2D eigenvalue weighted by Gasteiger charge is 2.23. The van der Waals surface area contributed by atoms with E-state index in [1.165, 1.54) is 6.42 Å². The summed E-state index contributed by atoms with van der Waals surface area (Å²) in [6.45, 7) is 9.85. The van der Waals surface area contributed by atoms with Crippen LogP contribution in [0, 0.1) is 0 Å². The van der Waals surface area contributed by atoms with E-state index in [9.17, 15) is 4.79 Å². The van der Waals surface area contributed by atoms with Crippen molar-refractivity contribution in [3.8, 4) is 0 Å². The number of rotatable bonds is 5. The predicted molar refractivity (Wildman–Crippen MR) is 83.2 cm³/mol. The molecule has 1 amide bonds. The highest BCUT2D eigenvalue weighted by atomic mass is 16.2. The molecule has 110 valence electrons. The van der Waals surface area contributed by atoms with Crippen molar-refractivity contribution in [2.24, 2.45) is 0 Å². The molecule has 1 fully saturated rings. The highest BCUT2D eigenvalue weighted by Crippen LogP contribution is 2.18. The number of hydrogen-bond acceptors (Lipinski definition) is 3. The fourth-order valence-corrected chi connectivity index (χ4v) is 2.68. The number of amides is 1. The van der Waals surface area contributed by atoms with Gasteiger partial charge in [-0.25, -0.2) is 0 Å². The van der Waals surface area contributed by atoms with Crippen molar-refractivity contribution in [1.29, 1.82) is 0 Å². The molecule has 0 bridgehead atoms. The van der Waals surface area contributed by atoms with Crippen molar-refractivity contribution in [1.82, 2.24) is 9.80 Å². The van der Waals surface area contributed by atoms with Crippen LogP contribution in [-0.2, 0) is 0 Å². The Labute approximate surface area is 121 Å². The SMILES string of the molecule is CCCN1CCN(C(=O)c2ccccc2NCC)CC1. The van der Waals surface area contributed by atoms with Crippen LogP contribution in [0.5, 0.6) is 0 Å². The first-order valence-electron chi connectivity index (χ1n) is 7.60. The maximum atomic E-state index is 12.6. The van der Waals surface area contributed by atoms with Crippen molar-refractivity contribution < 1.29 is 4.79 Å². The second-order valence-electron chi connectivity index (χ2n) is 5.21. The summed E-state index contributed by atoms with van der Waals surface area (Å²) in [7, 11) is 0. The Bertz CT molecular complexity index is 439. The van der Waals surface area contributed by atoms with Gasteiger partial charge in [-0.3, -0.25) is 9.69 Å². The average molecular weight is 275 g/mol. The van der Waals surface area contributed by atoms with Crippen molar-refractivity contribution in [2.75, 3.05) is 44.6 Å². The Morgan fingerprint density at radius 2 is 1.85 bits per heavy atom. The molecule has 20 heavy (non-hydrogen) atoms. The van der Waals surface area contributed by atoms with Gasteiger partial charge in [0.15, 0.2) is 0 Å². The van der Waals surface area contributed by atoms with Gasteiger partial charge < -0.3 is 10.2 Å². The minimum Gasteiger partial charge on any atom is -0.385 e. The van der Waals surface area contributed by atoms with E-state index in [1.807, 2.05) is 36.1 Å².